The number of ether oxygens (including phenoxy) is 2. The van der Waals surface area contributed by atoms with E-state index in [9.17, 15) is 19.2 Å². The Labute approximate surface area is 258 Å². The molecule has 0 saturated carbocycles. The maximum atomic E-state index is 13.3. The van der Waals surface area contributed by atoms with Gasteiger partial charge in [0.25, 0.3) is 0 Å². The maximum Gasteiger partial charge on any atom is 0.332 e. The minimum absolute atomic E-state index is 0.00585. The van der Waals surface area contributed by atoms with Gasteiger partial charge in [0.2, 0.25) is 11.8 Å². The number of fused-ring (bicyclic) bond motifs is 1. The number of carbonyl (C=O) groups is 4. The standard InChI is InChI=1S/C33H33N3O7S/c1-17-18(2)29(39)27(19(3)28(17)38)33(4,5)14-26(37)36(6)21-9-7-20(8-10-21)15-42-22-11-12-23-25(13-22)44-31(35-23)30-34-24(16-43-30)32(40)41/h7-13,24H,14-16H2,1-6H3,(H,40,41)/t24-/m1/s1. The first-order valence-corrected chi connectivity index (χ1v) is 14.9. The molecule has 2 heterocycles. The maximum absolute atomic E-state index is 13.3. The molecule has 1 N–H and O–H groups in total. The van der Waals surface area contributed by atoms with E-state index in [-0.39, 0.29) is 36.4 Å². The molecule has 2 aliphatic rings. The lowest BCUT2D eigenvalue weighted by molar-refractivity contribution is -0.138. The van der Waals surface area contributed by atoms with E-state index in [1.54, 1.807) is 32.7 Å². The third-order valence-electron chi connectivity index (χ3n) is 8.04. The smallest absolute Gasteiger partial charge is 0.332 e. The van der Waals surface area contributed by atoms with E-state index in [0.717, 1.165) is 15.8 Å². The summed E-state index contributed by atoms with van der Waals surface area (Å²) < 4.78 is 12.3. The largest absolute Gasteiger partial charge is 0.489 e. The second kappa shape index (κ2) is 11.8. The molecule has 2 aromatic carbocycles. The zero-order valence-corrected chi connectivity index (χ0v) is 26.2. The lowest BCUT2D eigenvalue weighted by Gasteiger charge is -2.32. The molecule has 1 atom stereocenters. The molecule has 44 heavy (non-hydrogen) atoms. The molecule has 0 bridgehead atoms. The summed E-state index contributed by atoms with van der Waals surface area (Å²) in [7, 11) is 1.69. The van der Waals surface area contributed by atoms with E-state index >= 15 is 0 Å². The highest BCUT2D eigenvalue weighted by molar-refractivity contribution is 7.20. The number of benzene rings is 2. The molecule has 0 spiro atoms. The lowest BCUT2D eigenvalue weighted by Crippen LogP contribution is -2.36. The molecule has 1 aliphatic heterocycles. The van der Waals surface area contributed by atoms with Gasteiger partial charge in [0.1, 0.15) is 19.0 Å². The molecular formula is C33H33N3O7S. The molecule has 1 aromatic heterocycles. The number of Topliss-reactive ketones (excluding diaryl/α,β-unsaturated/α-hetero) is 2. The van der Waals surface area contributed by atoms with Crippen molar-refractivity contribution in [2.45, 2.75) is 53.7 Å². The number of carbonyl (C=O) groups excluding carboxylic acids is 3. The molecule has 3 aromatic rings. The molecule has 1 amide bonds. The van der Waals surface area contributed by atoms with Gasteiger partial charge in [-0.15, -0.1) is 11.3 Å². The molecule has 0 saturated heterocycles. The van der Waals surface area contributed by atoms with Gasteiger partial charge in [0, 0.05) is 46.9 Å². The monoisotopic (exact) mass is 615 g/mol. The van der Waals surface area contributed by atoms with Gasteiger partial charge in [-0.05, 0) is 56.7 Å². The van der Waals surface area contributed by atoms with E-state index in [1.165, 1.54) is 11.3 Å². The summed E-state index contributed by atoms with van der Waals surface area (Å²) in [5, 5.41) is 9.66. The van der Waals surface area contributed by atoms with Crippen LogP contribution in [0.1, 0.15) is 51.6 Å². The van der Waals surface area contributed by atoms with Gasteiger partial charge in [-0.1, -0.05) is 26.0 Å². The Morgan fingerprint density at radius 3 is 2.39 bits per heavy atom. The summed E-state index contributed by atoms with van der Waals surface area (Å²) in [5.74, 6) is -0.651. The van der Waals surface area contributed by atoms with Crippen LogP contribution < -0.4 is 9.64 Å². The van der Waals surface area contributed by atoms with Gasteiger partial charge < -0.3 is 19.5 Å². The zero-order chi connectivity index (χ0) is 31.9. The van der Waals surface area contributed by atoms with Gasteiger partial charge in [-0.3, -0.25) is 14.4 Å². The Morgan fingerprint density at radius 2 is 1.73 bits per heavy atom. The number of hydrogen-bond donors (Lipinski definition) is 1. The van der Waals surface area contributed by atoms with Crippen LogP contribution in [0.3, 0.4) is 0 Å². The van der Waals surface area contributed by atoms with Crippen LogP contribution in [0.2, 0.25) is 0 Å². The minimum atomic E-state index is -1.03. The first kappa shape index (κ1) is 30.8. The average Bonchev–Trinajstić information content (AvgIpc) is 3.65. The van der Waals surface area contributed by atoms with Crippen molar-refractivity contribution in [3.8, 4) is 5.75 Å². The van der Waals surface area contributed by atoms with Crippen LogP contribution >= 0.6 is 11.3 Å². The zero-order valence-electron chi connectivity index (χ0n) is 25.4. The highest BCUT2D eigenvalue weighted by Crippen LogP contribution is 2.39. The van der Waals surface area contributed by atoms with Gasteiger partial charge in [0.05, 0.1) is 10.2 Å². The Kier molecular flexibility index (Phi) is 8.26. The van der Waals surface area contributed by atoms with E-state index in [0.29, 0.717) is 45.3 Å². The first-order chi connectivity index (χ1) is 20.8. The van der Waals surface area contributed by atoms with Crippen LogP contribution in [-0.2, 0) is 30.5 Å². The fourth-order valence-electron chi connectivity index (χ4n) is 5.32. The summed E-state index contributed by atoms with van der Waals surface area (Å²) in [5.41, 5.74) is 3.20. The number of amides is 1. The molecule has 228 valence electrons. The molecule has 0 fully saturated rings. The Morgan fingerprint density at radius 1 is 1.05 bits per heavy atom. The molecular weight excluding hydrogens is 582 g/mol. The number of carboxylic acid groups (broad SMARTS) is 1. The van der Waals surface area contributed by atoms with Crippen LogP contribution in [0.15, 0.2) is 69.7 Å². The first-order valence-electron chi connectivity index (χ1n) is 14.1. The van der Waals surface area contributed by atoms with Crippen molar-refractivity contribution >= 4 is 56.6 Å². The number of aromatic nitrogens is 1. The molecule has 0 unspecified atom stereocenters. The number of hydrogen-bond acceptors (Lipinski definition) is 9. The van der Waals surface area contributed by atoms with E-state index in [1.807, 2.05) is 56.3 Å². The highest BCUT2D eigenvalue weighted by atomic mass is 32.1. The van der Waals surface area contributed by atoms with Crippen molar-refractivity contribution in [1.29, 1.82) is 0 Å². The number of aliphatic imine (C=N–C) groups is 1. The molecule has 10 nitrogen and oxygen atoms in total. The minimum Gasteiger partial charge on any atom is -0.489 e. The Hall–Kier alpha value is -4.64. The number of ketones is 2. The normalized spacial score (nSPS) is 17.2. The number of nitrogens with zero attached hydrogens (tertiary/aromatic N) is 3. The van der Waals surface area contributed by atoms with Crippen LogP contribution in [0.5, 0.6) is 5.75 Å². The molecule has 11 heteroatoms. The van der Waals surface area contributed by atoms with Crippen molar-refractivity contribution < 1.29 is 33.8 Å². The van der Waals surface area contributed by atoms with Gasteiger partial charge in [-0.2, -0.15) is 0 Å². The number of rotatable bonds is 9. The van der Waals surface area contributed by atoms with Crippen LogP contribution in [0.25, 0.3) is 10.2 Å². The Balaban J connectivity index is 1.21. The van der Waals surface area contributed by atoms with Gasteiger partial charge >= 0.3 is 5.97 Å². The third kappa shape index (κ3) is 5.92. The van der Waals surface area contributed by atoms with Gasteiger partial charge in [-0.25, -0.2) is 14.8 Å². The van der Waals surface area contributed by atoms with Gasteiger partial charge in [0.15, 0.2) is 22.6 Å². The van der Waals surface area contributed by atoms with E-state index in [4.69, 9.17) is 14.6 Å². The SMILES string of the molecule is CC1=C(C)C(=O)C(C(C)(C)CC(=O)N(C)c2ccc(COc3ccc4nc(C5=N[C@@H](C(=O)O)CO5)sc4c3)cc2)=C(C)C1=O. The summed E-state index contributed by atoms with van der Waals surface area (Å²) in [6, 6.07) is 12.0. The molecule has 5 rings (SSSR count). The van der Waals surface area contributed by atoms with Crippen LogP contribution in [-0.4, -0.2) is 59.1 Å². The second-order valence-corrected chi connectivity index (χ2v) is 12.7. The van der Waals surface area contributed by atoms with Crippen molar-refractivity contribution in [2.24, 2.45) is 10.4 Å². The Bertz CT molecular complexity index is 1800. The third-order valence-corrected chi connectivity index (χ3v) is 9.04. The fourth-order valence-corrected chi connectivity index (χ4v) is 6.27. The fraction of sp³-hybridized carbons (Fsp3) is 0.333. The summed E-state index contributed by atoms with van der Waals surface area (Å²) in [4.78, 5) is 60.4. The molecule has 1 aliphatic carbocycles. The van der Waals surface area contributed by atoms with Crippen molar-refractivity contribution in [1.82, 2.24) is 4.98 Å². The predicted octanol–water partition coefficient (Wildman–Crippen LogP) is 5.29. The summed E-state index contributed by atoms with van der Waals surface area (Å²) in [6.45, 7) is 8.93. The van der Waals surface area contributed by atoms with E-state index < -0.39 is 17.4 Å². The highest BCUT2D eigenvalue weighted by Gasteiger charge is 2.39. The number of allylic oxidation sites excluding steroid dienone is 4. The quantitative estimate of drug-likeness (QED) is 0.321. The average molecular weight is 616 g/mol. The number of aliphatic carboxylic acids is 1. The molecule has 0 radical (unpaired) electrons. The van der Waals surface area contributed by atoms with Crippen LogP contribution in [0.4, 0.5) is 5.69 Å². The second-order valence-electron chi connectivity index (χ2n) is 11.6. The topological polar surface area (TPSA) is 135 Å². The summed E-state index contributed by atoms with van der Waals surface area (Å²) >= 11 is 1.35. The number of anilines is 1. The number of thiazole rings is 1. The summed E-state index contributed by atoms with van der Waals surface area (Å²) in [6.07, 6.45) is 0.0633. The van der Waals surface area contributed by atoms with Crippen molar-refractivity contribution in [3.05, 3.63) is 75.3 Å². The van der Waals surface area contributed by atoms with Crippen molar-refractivity contribution in [3.63, 3.8) is 0 Å². The predicted molar refractivity (Wildman–Crippen MR) is 167 cm³/mol. The van der Waals surface area contributed by atoms with Crippen molar-refractivity contribution in [2.75, 3.05) is 18.6 Å². The van der Waals surface area contributed by atoms with E-state index in [2.05, 4.69) is 9.98 Å². The number of carboxylic acids is 1. The van der Waals surface area contributed by atoms with Crippen LogP contribution in [0, 0.1) is 5.41 Å². The lowest BCUT2D eigenvalue weighted by atomic mass is 9.71.